The van der Waals surface area contributed by atoms with Gasteiger partial charge in [0.15, 0.2) is 0 Å². The third-order valence-corrected chi connectivity index (χ3v) is 3.38. The maximum absolute atomic E-state index is 13.0. The second kappa shape index (κ2) is 5.47. The molecule has 0 aliphatic heterocycles. The van der Waals surface area contributed by atoms with E-state index >= 15 is 0 Å². The number of aliphatic hydroxyl groups is 1. The number of halogens is 1. The fraction of sp³-hybridized carbons (Fsp3) is 0.538. The van der Waals surface area contributed by atoms with Crippen LogP contribution in [-0.4, -0.2) is 22.9 Å². The normalized spacial score (nSPS) is 24.1. The molecule has 1 aromatic rings. The Morgan fingerprint density at radius 1 is 1.35 bits per heavy atom. The molecule has 17 heavy (non-hydrogen) atoms. The first-order valence-corrected chi connectivity index (χ1v) is 6.03. The number of aliphatic hydroxyl groups excluding tert-OH is 1. The zero-order valence-corrected chi connectivity index (χ0v) is 9.69. The van der Waals surface area contributed by atoms with Crippen molar-refractivity contribution in [2.24, 2.45) is 5.92 Å². The van der Waals surface area contributed by atoms with Crippen molar-refractivity contribution in [3.8, 4) is 5.75 Å². The van der Waals surface area contributed by atoms with Gasteiger partial charge in [-0.3, -0.25) is 0 Å². The van der Waals surface area contributed by atoms with E-state index in [-0.39, 0.29) is 23.6 Å². The van der Waals surface area contributed by atoms with Gasteiger partial charge in [0.25, 0.3) is 0 Å². The molecule has 4 heteroatoms. The van der Waals surface area contributed by atoms with Crippen LogP contribution in [0, 0.1) is 11.7 Å². The average molecular weight is 239 g/mol. The quantitative estimate of drug-likeness (QED) is 0.750. The maximum atomic E-state index is 13.0. The molecule has 1 fully saturated rings. The van der Waals surface area contributed by atoms with E-state index in [1.165, 1.54) is 18.2 Å². The molecule has 1 aliphatic rings. The van der Waals surface area contributed by atoms with E-state index in [1.54, 1.807) is 0 Å². The highest BCUT2D eigenvalue weighted by molar-refractivity contribution is 5.32. The predicted octanol–water partition coefficient (Wildman–Crippen LogP) is 1.78. The first-order chi connectivity index (χ1) is 8.16. The number of rotatable bonds is 4. The SMILES string of the molecule is Oc1ccc(F)cc1CNCC1CCCC1O. The third kappa shape index (κ3) is 3.17. The zero-order valence-electron chi connectivity index (χ0n) is 9.69. The molecule has 0 saturated heterocycles. The molecule has 1 aliphatic carbocycles. The van der Waals surface area contributed by atoms with Gasteiger partial charge in [0.1, 0.15) is 11.6 Å². The average Bonchev–Trinajstić information content (AvgIpc) is 2.70. The molecule has 0 aromatic heterocycles. The Morgan fingerprint density at radius 2 is 2.18 bits per heavy atom. The van der Waals surface area contributed by atoms with Crippen LogP contribution in [0.1, 0.15) is 24.8 Å². The summed E-state index contributed by atoms with van der Waals surface area (Å²) in [4.78, 5) is 0. The molecule has 2 atom stereocenters. The van der Waals surface area contributed by atoms with Crippen LogP contribution in [0.15, 0.2) is 18.2 Å². The van der Waals surface area contributed by atoms with E-state index in [1.807, 2.05) is 0 Å². The summed E-state index contributed by atoms with van der Waals surface area (Å²) in [7, 11) is 0. The van der Waals surface area contributed by atoms with Crippen LogP contribution in [0.5, 0.6) is 5.75 Å². The van der Waals surface area contributed by atoms with Gasteiger partial charge in [0.05, 0.1) is 6.10 Å². The molecule has 94 valence electrons. The Balaban J connectivity index is 1.83. The third-order valence-electron chi connectivity index (χ3n) is 3.38. The molecule has 1 aromatic carbocycles. The van der Waals surface area contributed by atoms with E-state index in [9.17, 15) is 14.6 Å². The minimum atomic E-state index is -0.347. The van der Waals surface area contributed by atoms with Crippen molar-refractivity contribution in [3.63, 3.8) is 0 Å². The minimum Gasteiger partial charge on any atom is -0.508 e. The number of phenolic OH excluding ortho intramolecular Hbond substituents is 1. The first-order valence-electron chi connectivity index (χ1n) is 6.03. The minimum absolute atomic E-state index is 0.103. The summed E-state index contributed by atoms with van der Waals surface area (Å²) < 4.78 is 13.0. The molecule has 0 heterocycles. The first kappa shape index (κ1) is 12.3. The summed E-state index contributed by atoms with van der Waals surface area (Å²) in [6, 6.07) is 3.92. The van der Waals surface area contributed by atoms with E-state index in [4.69, 9.17) is 0 Å². The summed E-state index contributed by atoms with van der Waals surface area (Å²) in [5.41, 5.74) is 0.553. The predicted molar refractivity (Wildman–Crippen MR) is 63.1 cm³/mol. The fourth-order valence-electron chi connectivity index (χ4n) is 2.34. The zero-order chi connectivity index (χ0) is 12.3. The highest BCUT2D eigenvalue weighted by Gasteiger charge is 2.24. The summed E-state index contributed by atoms with van der Waals surface area (Å²) in [6.07, 6.45) is 2.75. The van der Waals surface area contributed by atoms with Crippen molar-refractivity contribution < 1.29 is 14.6 Å². The van der Waals surface area contributed by atoms with Crippen LogP contribution in [0.25, 0.3) is 0 Å². The Morgan fingerprint density at radius 3 is 2.88 bits per heavy atom. The van der Waals surface area contributed by atoms with Crippen LogP contribution in [0.4, 0.5) is 4.39 Å². The summed E-state index contributed by atoms with van der Waals surface area (Å²) >= 11 is 0. The van der Waals surface area contributed by atoms with E-state index in [0.29, 0.717) is 18.7 Å². The fourth-order valence-corrected chi connectivity index (χ4v) is 2.34. The van der Waals surface area contributed by atoms with Crippen molar-refractivity contribution in [1.82, 2.24) is 5.32 Å². The van der Waals surface area contributed by atoms with Crippen molar-refractivity contribution in [2.45, 2.75) is 31.9 Å². The Hall–Kier alpha value is -1.13. The Bertz CT molecular complexity index is 384. The lowest BCUT2D eigenvalue weighted by Gasteiger charge is -2.15. The number of hydrogen-bond acceptors (Lipinski definition) is 3. The van der Waals surface area contributed by atoms with E-state index in [0.717, 1.165) is 19.3 Å². The van der Waals surface area contributed by atoms with Crippen molar-refractivity contribution in [3.05, 3.63) is 29.6 Å². The lowest BCUT2D eigenvalue weighted by molar-refractivity contribution is 0.131. The van der Waals surface area contributed by atoms with Gasteiger partial charge in [-0.15, -0.1) is 0 Å². The molecule has 3 N–H and O–H groups in total. The lowest BCUT2D eigenvalue weighted by atomic mass is 10.1. The van der Waals surface area contributed by atoms with Crippen LogP contribution in [-0.2, 0) is 6.54 Å². The molecular formula is C13H18FNO2. The summed E-state index contributed by atoms with van der Waals surface area (Å²) in [5.74, 6) is 0.0390. The summed E-state index contributed by atoms with van der Waals surface area (Å²) in [6.45, 7) is 1.13. The van der Waals surface area contributed by atoms with Crippen molar-refractivity contribution in [1.29, 1.82) is 0 Å². The van der Waals surface area contributed by atoms with Gasteiger partial charge in [-0.1, -0.05) is 6.42 Å². The van der Waals surface area contributed by atoms with Crippen LogP contribution in [0.3, 0.4) is 0 Å². The monoisotopic (exact) mass is 239 g/mol. The largest absolute Gasteiger partial charge is 0.508 e. The van der Waals surface area contributed by atoms with Gasteiger partial charge >= 0.3 is 0 Å². The highest BCUT2D eigenvalue weighted by atomic mass is 19.1. The smallest absolute Gasteiger partial charge is 0.123 e. The number of hydrogen-bond donors (Lipinski definition) is 3. The van der Waals surface area contributed by atoms with Crippen molar-refractivity contribution in [2.75, 3.05) is 6.54 Å². The van der Waals surface area contributed by atoms with Crippen molar-refractivity contribution >= 4 is 0 Å². The molecule has 0 spiro atoms. The Kier molecular flexibility index (Phi) is 3.97. The van der Waals surface area contributed by atoms with E-state index < -0.39 is 0 Å². The van der Waals surface area contributed by atoms with Gasteiger partial charge in [-0.2, -0.15) is 0 Å². The number of nitrogens with one attached hydrogen (secondary N) is 1. The number of benzene rings is 1. The summed E-state index contributed by atoms with van der Waals surface area (Å²) in [5, 5.41) is 22.3. The second-order valence-electron chi connectivity index (χ2n) is 4.66. The molecule has 0 bridgehead atoms. The second-order valence-corrected chi connectivity index (χ2v) is 4.66. The maximum Gasteiger partial charge on any atom is 0.123 e. The Labute approximate surface area is 100 Å². The van der Waals surface area contributed by atoms with Gasteiger partial charge < -0.3 is 15.5 Å². The number of aromatic hydroxyl groups is 1. The van der Waals surface area contributed by atoms with Crippen LogP contribution in [0.2, 0.25) is 0 Å². The van der Waals surface area contributed by atoms with Gasteiger partial charge in [-0.05, 0) is 37.0 Å². The lowest BCUT2D eigenvalue weighted by Crippen LogP contribution is -2.27. The molecule has 2 rings (SSSR count). The van der Waals surface area contributed by atoms with E-state index in [2.05, 4.69) is 5.32 Å². The molecule has 0 radical (unpaired) electrons. The molecule has 0 amide bonds. The molecule has 2 unspecified atom stereocenters. The molecule has 3 nitrogen and oxygen atoms in total. The van der Waals surface area contributed by atoms with Gasteiger partial charge in [0, 0.05) is 18.7 Å². The van der Waals surface area contributed by atoms with Gasteiger partial charge in [0.2, 0.25) is 0 Å². The van der Waals surface area contributed by atoms with Crippen LogP contribution < -0.4 is 5.32 Å². The standard InChI is InChI=1S/C13H18FNO2/c14-11-4-5-13(17)10(6-11)8-15-7-9-2-1-3-12(9)16/h4-6,9,12,15-17H,1-3,7-8H2. The number of phenols is 1. The van der Waals surface area contributed by atoms with Gasteiger partial charge in [-0.25, -0.2) is 4.39 Å². The molecular weight excluding hydrogens is 221 g/mol. The molecule has 1 saturated carbocycles. The van der Waals surface area contributed by atoms with Crippen LogP contribution >= 0.6 is 0 Å². The topological polar surface area (TPSA) is 52.5 Å². The highest BCUT2D eigenvalue weighted by Crippen LogP contribution is 2.25.